The van der Waals surface area contributed by atoms with E-state index in [9.17, 15) is 0 Å². The molecule has 2 unspecified atom stereocenters. The Hall–Kier alpha value is -0.480. The minimum atomic E-state index is 0.602. The Labute approximate surface area is 108 Å². The Kier molecular flexibility index (Phi) is 4.51. The molecule has 1 aliphatic rings. The van der Waals surface area contributed by atoms with Gasteiger partial charge >= 0.3 is 0 Å². The van der Waals surface area contributed by atoms with Gasteiger partial charge in [-0.1, -0.05) is 6.92 Å². The third kappa shape index (κ3) is 3.05. The maximum Gasteiger partial charge on any atom is 0.0624 e. The summed E-state index contributed by atoms with van der Waals surface area (Å²) in [6.45, 7) is 2.16. The van der Waals surface area contributed by atoms with Crippen LogP contribution in [-0.4, -0.2) is 34.4 Å². The Balaban J connectivity index is 2.03. The summed E-state index contributed by atoms with van der Waals surface area (Å²) in [5.74, 6) is 3.46. The molecule has 17 heavy (non-hydrogen) atoms. The van der Waals surface area contributed by atoms with Gasteiger partial charge in [0.15, 0.2) is 0 Å². The lowest BCUT2D eigenvalue weighted by molar-refractivity contribution is 0.396. The van der Waals surface area contributed by atoms with Gasteiger partial charge in [-0.15, -0.1) is 0 Å². The van der Waals surface area contributed by atoms with Crippen LogP contribution in [0, 0.1) is 5.92 Å². The number of nitrogens with zero attached hydrogens (tertiary/aromatic N) is 2. The number of thioether (sulfide) groups is 1. The summed E-state index contributed by atoms with van der Waals surface area (Å²) in [5, 5.41) is 8.02. The van der Waals surface area contributed by atoms with Crippen LogP contribution in [-0.2, 0) is 19.9 Å². The van der Waals surface area contributed by atoms with Crippen LogP contribution >= 0.6 is 11.8 Å². The molecule has 1 saturated heterocycles. The zero-order chi connectivity index (χ0) is 12.3. The van der Waals surface area contributed by atoms with Crippen LogP contribution in [0.1, 0.15) is 24.7 Å². The van der Waals surface area contributed by atoms with E-state index < -0.39 is 0 Å². The Morgan fingerprint density at radius 1 is 1.65 bits per heavy atom. The highest BCUT2D eigenvalue weighted by atomic mass is 32.2. The fourth-order valence-corrected chi connectivity index (χ4v) is 3.87. The molecule has 2 heterocycles. The summed E-state index contributed by atoms with van der Waals surface area (Å²) < 4.78 is 2.05. The summed E-state index contributed by atoms with van der Waals surface area (Å²) in [4.78, 5) is 0. The second-order valence-electron chi connectivity index (χ2n) is 4.83. The molecule has 1 fully saturated rings. The molecule has 0 saturated carbocycles. The van der Waals surface area contributed by atoms with Crippen molar-refractivity contribution in [3.8, 4) is 0 Å². The second-order valence-corrected chi connectivity index (χ2v) is 5.98. The topological polar surface area (TPSA) is 29.9 Å². The van der Waals surface area contributed by atoms with Crippen LogP contribution in [0.4, 0.5) is 0 Å². The van der Waals surface area contributed by atoms with Crippen molar-refractivity contribution in [1.29, 1.82) is 0 Å². The van der Waals surface area contributed by atoms with Gasteiger partial charge in [0.05, 0.1) is 5.69 Å². The van der Waals surface area contributed by atoms with Crippen molar-refractivity contribution in [1.82, 2.24) is 15.1 Å². The zero-order valence-electron chi connectivity index (χ0n) is 11.1. The standard InChI is InChI=1S/C13H23N3S/c1-4-11-7-12(16(3)15-11)8-13(14-2)10-5-6-17-9-10/h7,10,13-14H,4-6,8-9H2,1-3H3. The van der Waals surface area contributed by atoms with Crippen LogP contribution in [0.25, 0.3) is 0 Å². The van der Waals surface area contributed by atoms with E-state index in [1.54, 1.807) is 0 Å². The number of aryl methyl sites for hydroxylation is 2. The van der Waals surface area contributed by atoms with Crippen molar-refractivity contribution in [3.05, 3.63) is 17.5 Å². The Morgan fingerprint density at radius 3 is 3.00 bits per heavy atom. The third-order valence-electron chi connectivity index (χ3n) is 3.72. The van der Waals surface area contributed by atoms with Gasteiger partial charge in [-0.05, 0) is 43.4 Å². The highest BCUT2D eigenvalue weighted by molar-refractivity contribution is 7.99. The molecule has 2 rings (SSSR count). The minimum Gasteiger partial charge on any atom is -0.316 e. The van der Waals surface area contributed by atoms with Gasteiger partial charge < -0.3 is 5.32 Å². The fraction of sp³-hybridized carbons (Fsp3) is 0.769. The van der Waals surface area contributed by atoms with E-state index in [2.05, 4.69) is 49.3 Å². The van der Waals surface area contributed by atoms with Crippen LogP contribution in [0.5, 0.6) is 0 Å². The molecule has 1 aliphatic heterocycles. The van der Waals surface area contributed by atoms with Crippen molar-refractivity contribution in [3.63, 3.8) is 0 Å². The summed E-state index contributed by atoms with van der Waals surface area (Å²) in [6.07, 6.45) is 3.48. The summed E-state index contributed by atoms with van der Waals surface area (Å²) in [6, 6.07) is 2.86. The average molecular weight is 253 g/mol. The summed E-state index contributed by atoms with van der Waals surface area (Å²) in [5.41, 5.74) is 2.57. The first-order valence-electron chi connectivity index (χ1n) is 6.51. The third-order valence-corrected chi connectivity index (χ3v) is 4.91. The molecule has 4 heteroatoms. The molecule has 1 aromatic heterocycles. The zero-order valence-corrected chi connectivity index (χ0v) is 11.9. The van der Waals surface area contributed by atoms with E-state index in [1.807, 2.05) is 4.68 Å². The predicted octanol–water partition coefficient (Wildman–Crippen LogP) is 1.87. The molecule has 0 radical (unpaired) electrons. The van der Waals surface area contributed by atoms with Gasteiger partial charge in [0.2, 0.25) is 0 Å². The Bertz CT molecular complexity index is 356. The molecule has 1 aromatic rings. The lowest BCUT2D eigenvalue weighted by atomic mass is 9.95. The molecule has 3 nitrogen and oxygen atoms in total. The van der Waals surface area contributed by atoms with Crippen LogP contribution in [0.2, 0.25) is 0 Å². The van der Waals surface area contributed by atoms with Crippen LogP contribution in [0.3, 0.4) is 0 Å². The predicted molar refractivity (Wildman–Crippen MR) is 74.6 cm³/mol. The normalized spacial score (nSPS) is 21.9. The molecule has 0 bridgehead atoms. The first-order chi connectivity index (χ1) is 8.24. The first-order valence-corrected chi connectivity index (χ1v) is 7.66. The maximum atomic E-state index is 4.53. The van der Waals surface area contributed by atoms with Gasteiger partial charge in [0.25, 0.3) is 0 Å². The van der Waals surface area contributed by atoms with Gasteiger partial charge in [-0.25, -0.2) is 0 Å². The Morgan fingerprint density at radius 2 is 2.47 bits per heavy atom. The largest absolute Gasteiger partial charge is 0.316 e. The number of hydrogen-bond acceptors (Lipinski definition) is 3. The van der Waals surface area contributed by atoms with Gasteiger partial charge in [-0.2, -0.15) is 16.9 Å². The fourth-order valence-electron chi connectivity index (χ4n) is 2.54. The molecular formula is C13H23N3S. The smallest absolute Gasteiger partial charge is 0.0624 e. The quantitative estimate of drug-likeness (QED) is 0.869. The van der Waals surface area contributed by atoms with Crippen molar-refractivity contribution < 1.29 is 0 Å². The van der Waals surface area contributed by atoms with E-state index in [4.69, 9.17) is 0 Å². The van der Waals surface area contributed by atoms with E-state index in [-0.39, 0.29) is 0 Å². The lowest BCUT2D eigenvalue weighted by Gasteiger charge is -2.22. The number of nitrogens with one attached hydrogen (secondary N) is 1. The van der Waals surface area contributed by atoms with Gasteiger partial charge in [0, 0.05) is 25.2 Å². The van der Waals surface area contributed by atoms with Crippen molar-refractivity contribution in [2.24, 2.45) is 13.0 Å². The summed E-state index contributed by atoms with van der Waals surface area (Å²) >= 11 is 2.09. The highest BCUT2D eigenvalue weighted by Gasteiger charge is 2.25. The number of hydrogen-bond donors (Lipinski definition) is 1. The summed E-state index contributed by atoms with van der Waals surface area (Å²) in [7, 11) is 4.15. The van der Waals surface area contributed by atoms with Crippen molar-refractivity contribution >= 4 is 11.8 Å². The first kappa shape index (κ1) is 13.0. The molecule has 0 aromatic carbocycles. The highest BCUT2D eigenvalue weighted by Crippen LogP contribution is 2.27. The second kappa shape index (κ2) is 5.91. The molecule has 0 amide bonds. The monoisotopic (exact) mass is 253 g/mol. The van der Waals surface area contributed by atoms with Crippen LogP contribution in [0.15, 0.2) is 6.07 Å². The molecule has 2 atom stereocenters. The SMILES string of the molecule is CCc1cc(CC(NC)C2CCSC2)n(C)n1. The molecule has 0 spiro atoms. The minimum absolute atomic E-state index is 0.602. The number of likely N-dealkylation sites (N-methyl/N-ethyl adjacent to an activating group) is 1. The number of aromatic nitrogens is 2. The van der Waals surface area contributed by atoms with Gasteiger partial charge in [0.1, 0.15) is 0 Å². The van der Waals surface area contributed by atoms with Crippen molar-refractivity contribution in [2.75, 3.05) is 18.6 Å². The molecule has 0 aliphatic carbocycles. The van der Waals surface area contributed by atoms with Crippen LogP contribution < -0.4 is 5.32 Å². The maximum absolute atomic E-state index is 4.53. The average Bonchev–Trinajstić information content (AvgIpc) is 2.96. The molecule has 1 N–H and O–H groups in total. The molecule has 96 valence electrons. The number of rotatable bonds is 5. The van der Waals surface area contributed by atoms with Crippen molar-refractivity contribution in [2.45, 2.75) is 32.2 Å². The van der Waals surface area contributed by atoms with E-state index in [0.717, 1.165) is 18.8 Å². The lowest BCUT2D eigenvalue weighted by Crippen LogP contribution is -2.36. The van der Waals surface area contributed by atoms with Gasteiger partial charge in [-0.3, -0.25) is 4.68 Å². The van der Waals surface area contributed by atoms with E-state index in [0.29, 0.717) is 6.04 Å². The van der Waals surface area contributed by atoms with E-state index >= 15 is 0 Å². The molecular weight excluding hydrogens is 230 g/mol. The van der Waals surface area contributed by atoms with E-state index in [1.165, 1.54) is 29.3 Å².